The van der Waals surface area contributed by atoms with Gasteiger partial charge < -0.3 is 4.74 Å². The number of ether oxygens (including phenoxy) is 1. The molecule has 0 amide bonds. The van der Waals surface area contributed by atoms with Gasteiger partial charge in [0.15, 0.2) is 0 Å². The lowest BCUT2D eigenvalue weighted by Crippen LogP contribution is -2.57. The molecule has 4 fully saturated rings. The van der Waals surface area contributed by atoms with E-state index in [1.54, 1.807) is 0 Å². The van der Waals surface area contributed by atoms with E-state index in [1.165, 1.54) is 39.0 Å². The minimum absolute atomic E-state index is 0.124. The summed E-state index contributed by atoms with van der Waals surface area (Å²) in [4.78, 5) is 23.8. The van der Waals surface area contributed by atoms with Crippen molar-refractivity contribution >= 4 is 11.8 Å². The molecule has 0 aromatic heterocycles. The van der Waals surface area contributed by atoms with E-state index in [1.807, 2.05) is 0 Å². The maximum atomic E-state index is 12.4. The fraction of sp³-hybridized carbons (Fsp3) is 0.913. The molecular formula is C23H36O3. The fourth-order valence-corrected chi connectivity index (χ4v) is 7.87. The molecule has 0 aliphatic heterocycles. The fourth-order valence-electron chi connectivity index (χ4n) is 7.87. The number of rotatable bonds is 1. The van der Waals surface area contributed by atoms with Crippen molar-refractivity contribution in [1.82, 2.24) is 0 Å². The summed E-state index contributed by atoms with van der Waals surface area (Å²) in [6.45, 7) is 8.70. The van der Waals surface area contributed by atoms with Crippen molar-refractivity contribution in [2.75, 3.05) is 0 Å². The summed E-state index contributed by atoms with van der Waals surface area (Å²) in [5.74, 6) is 3.67. The van der Waals surface area contributed by atoms with Gasteiger partial charge in [0.1, 0.15) is 11.9 Å². The van der Waals surface area contributed by atoms with E-state index in [4.69, 9.17) is 4.74 Å². The molecule has 0 radical (unpaired) electrons. The lowest BCUT2D eigenvalue weighted by Gasteiger charge is -2.63. The van der Waals surface area contributed by atoms with Gasteiger partial charge in [0.2, 0.25) is 0 Å². The van der Waals surface area contributed by atoms with Crippen molar-refractivity contribution in [2.24, 2.45) is 40.4 Å². The molecule has 0 heterocycles. The van der Waals surface area contributed by atoms with Gasteiger partial charge in [0.25, 0.3) is 0 Å². The van der Waals surface area contributed by atoms with Crippen LogP contribution in [-0.2, 0) is 14.3 Å². The van der Waals surface area contributed by atoms with E-state index in [0.29, 0.717) is 17.1 Å². The van der Waals surface area contributed by atoms with Crippen LogP contribution in [0, 0.1) is 40.4 Å². The maximum absolute atomic E-state index is 12.4. The molecule has 0 N–H and O–H groups in total. The van der Waals surface area contributed by atoms with Gasteiger partial charge >= 0.3 is 5.97 Å². The molecule has 3 nitrogen and oxygen atoms in total. The molecule has 0 spiro atoms. The third kappa shape index (κ3) is 2.67. The number of hydrogen-bond donors (Lipinski definition) is 0. The van der Waals surface area contributed by atoms with Crippen LogP contribution in [0.2, 0.25) is 0 Å². The molecule has 4 rings (SSSR count). The van der Waals surface area contributed by atoms with Gasteiger partial charge in [0.05, 0.1) is 0 Å². The van der Waals surface area contributed by atoms with Crippen molar-refractivity contribution in [2.45, 2.75) is 91.6 Å². The van der Waals surface area contributed by atoms with Crippen LogP contribution >= 0.6 is 0 Å². The molecule has 0 saturated heterocycles. The summed E-state index contributed by atoms with van der Waals surface area (Å²) < 4.78 is 5.57. The number of carbonyl (C=O) groups excluding carboxylic acids is 2. The second-order valence-corrected chi connectivity index (χ2v) is 10.4. The van der Waals surface area contributed by atoms with E-state index in [-0.39, 0.29) is 23.4 Å². The Morgan fingerprint density at radius 2 is 1.69 bits per heavy atom. The summed E-state index contributed by atoms with van der Waals surface area (Å²) in [6, 6.07) is 0. The van der Waals surface area contributed by atoms with Crippen LogP contribution < -0.4 is 0 Å². The minimum atomic E-state index is -0.124. The number of fused-ring (bicyclic) bond motifs is 5. The molecule has 0 bridgehead atoms. The molecule has 4 aliphatic carbocycles. The van der Waals surface area contributed by atoms with E-state index in [0.717, 1.165) is 43.4 Å². The first kappa shape index (κ1) is 18.5. The molecule has 0 aromatic carbocycles. The zero-order chi connectivity index (χ0) is 18.7. The van der Waals surface area contributed by atoms with E-state index >= 15 is 0 Å². The number of hydrogen-bond acceptors (Lipinski definition) is 3. The minimum Gasteiger partial charge on any atom is -0.463 e. The number of Topliss-reactive ketones (excluding diaryl/α,β-unsaturated/α-hetero) is 1. The summed E-state index contributed by atoms with van der Waals surface area (Å²) in [5, 5.41) is 0. The predicted molar refractivity (Wildman–Crippen MR) is 101 cm³/mol. The quantitative estimate of drug-likeness (QED) is 0.606. The molecule has 8 atom stereocenters. The largest absolute Gasteiger partial charge is 0.463 e. The average molecular weight is 361 g/mol. The van der Waals surface area contributed by atoms with Crippen molar-refractivity contribution in [3.8, 4) is 0 Å². The highest BCUT2D eigenvalue weighted by Crippen LogP contribution is 2.66. The third-order valence-electron chi connectivity index (χ3n) is 9.56. The van der Waals surface area contributed by atoms with E-state index in [9.17, 15) is 9.59 Å². The normalized spacial score (nSPS) is 51.0. The van der Waals surface area contributed by atoms with Crippen LogP contribution in [-0.4, -0.2) is 17.9 Å². The van der Waals surface area contributed by atoms with Gasteiger partial charge in [-0.3, -0.25) is 9.59 Å². The summed E-state index contributed by atoms with van der Waals surface area (Å²) in [5.41, 5.74) is 0.639. The molecule has 3 heteroatoms. The molecule has 146 valence electrons. The first-order valence-electron chi connectivity index (χ1n) is 11.0. The van der Waals surface area contributed by atoms with Gasteiger partial charge in [-0.25, -0.2) is 0 Å². The molecule has 0 aromatic rings. The Balaban J connectivity index is 1.55. The first-order valence-corrected chi connectivity index (χ1v) is 11.0. The first-order chi connectivity index (χ1) is 12.3. The Morgan fingerprint density at radius 1 is 1.00 bits per heavy atom. The van der Waals surface area contributed by atoms with Crippen LogP contribution in [0.1, 0.15) is 85.5 Å². The second-order valence-electron chi connectivity index (χ2n) is 10.4. The zero-order valence-corrected chi connectivity index (χ0v) is 17.1. The SMILES string of the molecule is CC(=O)O[C@@H]1CC[C@@]2(C)[C@H](CC[C@@H]3[C@@H]2CC[C@]2(C)[C@H](C)C(=O)CC[C@@H]32)C1. The number of carbonyl (C=O) groups is 2. The number of ketones is 1. The highest BCUT2D eigenvalue weighted by Gasteiger charge is 2.59. The topological polar surface area (TPSA) is 43.4 Å². The van der Waals surface area contributed by atoms with Crippen LogP contribution in [0.25, 0.3) is 0 Å². The molecule has 0 unspecified atom stereocenters. The van der Waals surface area contributed by atoms with Gasteiger partial charge in [0, 0.05) is 19.3 Å². The van der Waals surface area contributed by atoms with E-state index in [2.05, 4.69) is 20.8 Å². The second kappa shape index (κ2) is 6.34. The maximum Gasteiger partial charge on any atom is 0.302 e. The highest BCUT2D eigenvalue weighted by atomic mass is 16.5. The van der Waals surface area contributed by atoms with Crippen LogP contribution in [0.15, 0.2) is 0 Å². The average Bonchev–Trinajstić information content (AvgIpc) is 2.58. The lowest BCUT2D eigenvalue weighted by atomic mass is 9.42. The predicted octanol–water partition coefficient (Wildman–Crippen LogP) is 5.17. The smallest absolute Gasteiger partial charge is 0.302 e. The lowest BCUT2D eigenvalue weighted by molar-refractivity contribution is -0.169. The van der Waals surface area contributed by atoms with Crippen molar-refractivity contribution < 1.29 is 14.3 Å². The Morgan fingerprint density at radius 3 is 2.42 bits per heavy atom. The molecule has 4 saturated carbocycles. The van der Waals surface area contributed by atoms with Crippen LogP contribution in [0.5, 0.6) is 0 Å². The monoisotopic (exact) mass is 360 g/mol. The Bertz CT molecular complexity index is 598. The van der Waals surface area contributed by atoms with E-state index < -0.39 is 0 Å². The standard InChI is InChI=1S/C23H36O3/c1-14-21(25)8-7-19-18-6-5-16-13-17(26-15(2)24)9-11-23(16,4)20(18)10-12-22(14,19)3/h14,16-20H,5-13H2,1-4H3/t14-,16-,17-,18+,19+,20+,22-,23+/m1/s1. The van der Waals surface area contributed by atoms with Gasteiger partial charge in [-0.2, -0.15) is 0 Å². The van der Waals surface area contributed by atoms with Crippen LogP contribution in [0.4, 0.5) is 0 Å². The van der Waals surface area contributed by atoms with Crippen molar-refractivity contribution in [3.05, 3.63) is 0 Å². The zero-order valence-electron chi connectivity index (χ0n) is 17.1. The summed E-state index contributed by atoms with van der Waals surface area (Å²) in [6.07, 6.45) is 10.5. The van der Waals surface area contributed by atoms with Gasteiger partial charge in [-0.1, -0.05) is 20.8 Å². The Labute approximate surface area is 158 Å². The van der Waals surface area contributed by atoms with Gasteiger partial charge in [-0.05, 0) is 85.9 Å². The van der Waals surface area contributed by atoms with Crippen LogP contribution in [0.3, 0.4) is 0 Å². The van der Waals surface area contributed by atoms with Crippen molar-refractivity contribution in [3.63, 3.8) is 0 Å². The number of esters is 1. The molecule has 26 heavy (non-hydrogen) atoms. The Hall–Kier alpha value is -0.860. The van der Waals surface area contributed by atoms with Gasteiger partial charge in [-0.15, -0.1) is 0 Å². The summed E-state index contributed by atoms with van der Waals surface area (Å²) in [7, 11) is 0. The molecule has 4 aliphatic rings. The molecular weight excluding hydrogens is 324 g/mol. The highest BCUT2D eigenvalue weighted by molar-refractivity contribution is 5.82. The van der Waals surface area contributed by atoms with Crippen molar-refractivity contribution in [1.29, 1.82) is 0 Å². The summed E-state index contributed by atoms with van der Waals surface area (Å²) >= 11 is 0. The third-order valence-corrected chi connectivity index (χ3v) is 9.56. The Kier molecular flexibility index (Phi) is 4.51.